The van der Waals surface area contributed by atoms with E-state index < -0.39 is 0 Å². The average Bonchev–Trinajstić information content (AvgIpc) is 2.97. The van der Waals surface area contributed by atoms with Gasteiger partial charge in [0.2, 0.25) is 5.91 Å². The van der Waals surface area contributed by atoms with Crippen molar-refractivity contribution in [2.24, 2.45) is 17.8 Å². The fraction of sp³-hybridized carbons (Fsp3) is 0.706. The second-order valence-corrected chi connectivity index (χ2v) is 7.07. The van der Waals surface area contributed by atoms with Crippen molar-refractivity contribution in [3.05, 3.63) is 24.2 Å². The molecule has 0 radical (unpaired) electrons. The number of furan rings is 1. The zero-order valence-electron chi connectivity index (χ0n) is 12.5. The lowest BCUT2D eigenvalue weighted by Gasteiger charge is -2.28. The van der Waals surface area contributed by atoms with Crippen molar-refractivity contribution in [2.45, 2.75) is 44.7 Å². The topological polar surface area (TPSA) is 45.5 Å². The summed E-state index contributed by atoms with van der Waals surface area (Å²) >= 11 is 0. The molecule has 1 aliphatic heterocycles. The van der Waals surface area contributed by atoms with Gasteiger partial charge in [-0.2, -0.15) is 0 Å². The first-order chi connectivity index (χ1) is 10.3. The third kappa shape index (κ3) is 2.86. The summed E-state index contributed by atoms with van der Waals surface area (Å²) in [6, 6.07) is 2.39. The number of carbonyl (C=O) groups is 1. The first-order valence-corrected chi connectivity index (χ1v) is 8.33. The molecule has 0 unspecified atom stereocenters. The Balaban J connectivity index is 1.38. The number of hydrogen-bond donors (Lipinski definition) is 1. The number of nitrogens with one attached hydrogen (secondary N) is 1. The van der Waals surface area contributed by atoms with Crippen LogP contribution in [-0.4, -0.2) is 29.9 Å². The van der Waals surface area contributed by atoms with E-state index in [1.54, 1.807) is 6.26 Å². The summed E-state index contributed by atoms with van der Waals surface area (Å²) in [4.78, 5) is 14.7. The summed E-state index contributed by atoms with van der Waals surface area (Å²) in [7, 11) is 0. The molecule has 2 saturated carbocycles. The molecule has 1 aromatic rings. The third-order valence-corrected chi connectivity index (χ3v) is 5.46. The number of carbonyl (C=O) groups excluding carboxylic acids is 1. The Morgan fingerprint density at radius 3 is 2.76 bits per heavy atom. The number of amides is 1. The summed E-state index contributed by atoms with van der Waals surface area (Å²) in [6.07, 6.45) is 9.66. The van der Waals surface area contributed by atoms with Gasteiger partial charge in [-0.25, -0.2) is 0 Å². The summed E-state index contributed by atoms with van der Waals surface area (Å²) in [6.45, 7) is 3.05. The van der Waals surface area contributed by atoms with Crippen LogP contribution < -0.4 is 5.32 Å². The van der Waals surface area contributed by atoms with Crippen LogP contribution in [0.1, 0.15) is 37.7 Å². The Morgan fingerprint density at radius 2 is 2.14 bits per heavy atom. The zero-order valence-corrected chi connectivity index (χ0v) is 12.5. The number of hydrogen-bond acceptors (Lipinski definition) is 3. The monoisotopic (exact) mass is 288 g/mol. The van der Waals surface area contributed by atoms with Crippen molar-refractivity contribution in [3.63, 3.8) is 0 Å². The van der Waals surface area contributed by atoms with Gasteiger partial charge in [0.1, 0.15) is 0 Å². The van der Waals surface area contributed by atoms with Gasteiger partial charge in [-0.05, 0) is 43.6 Å². The Labute approximate surface area is 125 Å². The first-order valence-electron chi connectivity index (χ1n) is 8.33. The van der Waals surface area contributed by atoms with E-state index in [1.165, 1.54) is 24.8 Å². The van der Waals surface area contributed by atoms with Crippen molar-refractivity contribution < 1.29 is 9.21 Å². The fourth-order valence-corrected chi connectivity index (χ4v) is 3.81. The van der Waals surface area contributed by atoms with Crippen molar-refractivity contribution in [1.29, 1.82) is 0 Å². The van der Waals surface area contributed by atoms with Crippen molar-refractivity contribution in [3.8, 4) is 0 Å². The predicted octanol–water partition coefficient (Wildman–Crippen LogP) is 2.41. The van der Waals surface area contributed by atoms with Gasteiger partial charge in [0.25, 0.3) is 0 Å². The van der Waals surface area contributed by atoms with Gasteiger partial charge in [-0.3, -0.25) is 9.69 Å². The molecule has 4 rings (SSSR count). The van der Waals surface area contributed by atoms with Crippen molar-refractivity contribution >= 4 is 5.91 Å². The minimum absolute atomic E-state index is 0.299. The van der Waals surface area contributed by atoms with Gasteiger partial charge >= 0.3 is 0 Å². The van der Waals surface area contributed by atoms with E-state index in [1.807, 2.05) is 12.3 Å². The molecule has 0 bridgehead atoms. The molecule has 1 aromatic heterocycles. The van der Waals surface area contributed by atoms with Gasteiger partial charge in [-0.15, -0.1) is 0 Å². The lowest BCUT2D eigenvalue weighted by atomic mass is 9.84. The Kier molecular flexibility index (Phi) is 3.49. The highest BCUT2D eigenvalue weighted by atomic mass is 16.3. The van der Waals surface area contributed by atoms with Gasteiger partial charge in [0.05, 0.1) is 12.5 Å². The molecular weight excluding hydrogens is 264 g/mol. The SMILES string of the molecule is O=C(N[C@@H]1CN(Cc2ccoc2)C[C@H]1C1CC1)C1CCC1. The molecule has 2 aliphatic carbocycles. The second kappa shape index (κ2) is 5.48. The molecule has 3 aliphatic rings. The lowest BCUT2D eigenvalue weighted by molar-refractivity contribution is -0.128. The number of likely N-dealkylation sites (tertiary alicyclic amines) is 1. The highest BCUT2D eigenvalue weighted by Crippen LogP contribution is 2.42. The van der Waals surface area contributed by atoms with Crippen molar-refractivity contribution in [2.75, 3.05) is 13.1 Å². The van der Waals surface area contributed by atoms with E-state index >= 15 is 0 Å². The summed E-state index contributed by atoms with van der Waals surface area (Å²) in [5.74, 6) is 2.10. The highest BCUT2D eigenvalue weighted by molar-refractivity contribution is 5.79. The molecule has 1 N–H and O–H groups in total. The first kappa shape index (κ1) is 13.4. The highest BCUT2D eigenvalue weighted by Gasteiger charge is 2.43. The number of rotatable bonds is 5. The lowest BCUT2D eigenvalue weighted by Crippen LogP contribution is -2.45. The van der Waals surface area contributed by atoms with Crippen LogP contribution in [0.4, 0.5) is 0 Å². The minimum atomic E-state index is 0.299. The van der Waals surface area contributed by atoms with E-state index in [4.69, 9.17) is 4.42 Å². The van der Waals surface area contributed by atoms with E-state index in [0.717, 1.165) is 38.4 Å². The quantitative estimate of drug-likeness (QED) is 0.905. The Morgan fingerprint density at radius 1 is 1.29 bits per heavy atom. The smallest absolute Gasteiger partial charge is 0.223 e. The van der Waals surface area contributed by atoms with Crippen LogP contribution in [0.3, 0.4) is 0 Å². The van der Waals surface area contributed by atoms with Gasteiger partial charge in [0, 0.05) is 37.2 Å². The normalized spacial score (nSPS) is 30.3. The molecule has 1 saturated heterocycles. The van der Waals surface area contributed by atoms with Gasteiger partial charge < -0.3 is 9.73 Å². The van der Waals surface area contributed by atoms with Crippen LogP contribution >= 0.6 is 0 Å². The van der Waals surface area contributed by atoms with E-state index in [9.17, 15) is 4.79 Å². The maximum atomic E-state index is 12.2. The van der Waals surface area contributed by atoms with E-state index in [0.29, 0.717) is 23.8 Å². The molecule has 3 fully saturated rings. The molecular formula is C17H24N2O2. The maximum absolute atomic E-state index is 12.2. The minimum Gasteiger partial charge on any atom is -0.472 e. The molecule has 2 atom stereocenters. The summed E-state index contributed by atoms with van der Waals surface area (Å²) < 4.78 is 5.16. The van der Waals surface area contributed by atoms with Gasteiger partial charge in [0.15, 0.2) is 0 Å². The summed E-state index contributed by atoms with van der Waals surface area (Å²) in [5.41, 5.74) is 1.23. The van der Waals surface area contributed by atoms with Crippen LogP contribution in [0.5, 0.6) is 0 Å². The Bertz CT molecular complexity index is 491. The molecule has 114 valence electrons. The third-order valence-electron chi connectivity index (χ3n) is 5.46. The molecule has 4 nitrogen and oxygen atoms in total. The van der Waals surface area contributed by atoms with Crippen LogP contribution in [-0.2, 0) is 11.3 Å². The number of nitrogens with zero attached hydrogens (tertiary/aromatic N) is 1. The second-order valence-electron chi connectivity index (χ2n) is 7.07. The van der Waals surface area contributed by atoms with E-state index in [2.05, 4.69) is 10.2 Å². The molecule has 0 aromatic carbocycles. The van der Waals surface area contributed by atoms with E-state index in [-0.39, 0.29) is 0 Å². The van der Waals surface area contributed by atoms with Crippen LogP contribution in [0, 0.1) is 17.8 Å². The van der Waals surface area contributed by atoms with Crippen LogP contribution in [0.2, 0.25) is 0 Å². The molecule has 21 heavy (non-hydrogen) atoms. The predicted molar refractivity (Wildman–Crippen MR) is 79.5 cm³/mol. The molecule has 2 heterocycles. The van der Waals surface area contributed by atoms with Gasteiger partial charge in [-0.1, -0.05) is 6.42 Å². The molecule has 4 heteroatoms. The Hall–Kier alpha value is -1.29. The van der Waals surface area contributed by atoms with Crippen LogP contribution in [0.15, 0.2) is 23.0 Å². The van der Waals surface area contributed by atoms with Crippen molar-refractivity contribution in [1.82, 2.24) is 10.2 Å². The standard InChI is InChI=1S/C17H24N2O2/c20-17(14-2-1-3-14)18-16-10-19(8-12-6-7-21-11-12)9-15(16)13-4-5-13/h6-7,11,13-16H,1-5,8-10H2,(H,18,20)/t15-,16+/m0/s1. The molecule has 0 spiro atoms. The fourth-order valence-electron chi connectivity index (χ4n) is 3.81. The average molecular weight is 288 g/mol. The molecule has 1 amide bonds. The maximum Gasteiger partial charge on any atom is 0.223 e. The van der Waals surface area contributed by atoms with Crippen LogP contribution in [0.25, 0.3) is 0 Å². The zero-order chi connectivity index (χ0) is 14.2. The largest absolute Gasteiger partial charge is 0.472 e. The summed E-state index contributed by atoms with van der Waals surface area (Å²) in [5, 5.41) is 3.36.